The van der Waals surface area contributed by atoms with Crippen molar-refractivity contribution in [2.75, 3.05) is 25.5 Å². The second-order valence-corrected chi connectivity index (χ2v) is 3.24. The van der Waals surface area contributed by atoms with Crippen LogP contribution in [-0.2, 0) is 0 Å². The minimum Gasteiger partial charge on any atom is -0.497 e. The molecule has 0 saturated carbocycles. The molecule has 1 rings (SSSR count). The number of ether oxygens (including phenoxy) is 1. The standard InChI is InChI=1S/C11H14N4O2/c1-17-9-3-2-8(7-12)10(6-9)14-4-5-15-11(13)16/h2-3,6,14H,4-5H2,1H3,(H3,13,15,16). The van der Waals surface area contributed by atoms with Crippen molar-refractivity contribution < 1.29 is 9.53 Å². The number of hydrogen-bond donors (Lipinski definition) is 3. The van der Waals surface area contributed by atoms with Crippen LogP contribution in [0.15, 0.2) is 18.2 Å². The van der Waals surface area contributed by atoms with Gasteiger partial charge in [0.05, 0.1) is 18.4 Å². The number of amides is 2. The molecule has 0 aromatic heterocycles. The highest BCUT2D eigenvalue weighted by molar-refractivity contribution is 5.71. The number of anilines is 1. The molecule has 0 aliphatic rings. The molecule has 0 saturated heterocycles. The van der Waals surface area contributed by atoms with Crippen LogP contribution < -0.4 is 21.1 Å². The molecule has 0 spiro atoms. The fourth-order valence-corrected chi connectivity index (χ4v) is 1.28. The first kappa shape index (κ1) is 12.6. The summed E-state index contributed by atoms with van der Waals surface area (Å²) in [6.45, 7) is 0.863. The van der Waals surface area contributed by atoms with Crippen molar-refractivity contribution in [1.82, 2.24) is 5.32 Å². The summed E-state index contributed by atoms with van der Waals surface area (Å²) in [7, 11) is 1.56. The second-order valence-electron chi connectivity index (χ2n) is 3.24. The molecular formula is C11H14N4O2. The molecule has 6 nitrogen and oxygen atoms in total. The molecule has 0 aliphatic heterocycles. The number of carbonyl (C=O) groups excluding carboxylic acids is 1. The lowest BCUT2D eigenvalue weighted by Gasteiger charge is -2.09. The lowest BCUT2D eigenvalue weighted by molar-refractivity contribution is 0.249. The average Bonchev–Trinajstić information content (AvgIpc) is 2.34. The lowest BCUT2D eigenvalue weighted by atomic mass is 10.2. The predicted molar refractivity (Wildman–Crippen MR) is 63.8 cm³/mol. The monoisotopic (exact) mass is 234 g/mol. The minimum absolute atomic E-state index is 0.386. The molecule has 0 unspecified atom stereocenters. The van der Waals surface area contributed by atoms with E-state index in [-0.39, 0.29) is 0 Å². The van der Waals surface area contributed by atoms with Gasteiger partial charge in [-0.25, -0.2) is 4.79 Å². The quantitative estimate of drug-likeness (QED) is 0.651. The summed E-state index contributed by atoms with van der Waals surface area (Å²) < 4.78 is 5.06. The number of rotatable bonds is 5. The van der Waals surface area contributed by atoms with Gasteiger partial charge in [-0.1, -0.05) is 0 Å². The molecule has 90 valence electrons. The first-order chi connectivity index (χ1) is 8.17. The topological polar surface area (TPSA) is 100 Å². The van der Waals surface area contributed by atoms with Gasteiger partial charge in [-0.2, -0.15) is 5.26 Å². The first-order valence-electron chi connectivity index (χ1n) is 5.02. The summed E-state index contributed by atoms with van der Waals surface area (Å²) in [5, 5.41) is 14.4. The zero-order valence-electron chi connectivity index (χ0n) is 9.49. The zero-order chi connectivity index (χ0) is 12.7. The molecule has 0 heterocycles. The summed E-state index contributed by atoms with van der Waals surface area (Å²) in [6.07, 6.45) is 0. The van der Waals surface area contributed by atoms with E-state index < -0.39 is 6.03 Å². The van der Waals surface area contributed by atoms with Gasteiger partial charge < -0.3 is 21.1 Å². The second kappa shape index (κ2) is 6.23. The van der Waals surface area contributed by atoms with E-state index in [1.54, 1.807) is 25.3 Å². The third kappa shape index (κ3) is 3.91. The Morgan fingerprint density at radius 3 is 2.88 bits per heavy atom. The van der Waals surface area contributed by atoms with Gasteiger partial charge in [-0.05, 0) is 12.1 Å². The number of carbonyl (C=O) groups is 1. The molecule has 17 heavy (non-hydrogen) atoms. The maximum absolute atomic E-state index is 10.4. The van der Waals surface area contributed by atoms with Crippen LogP contribution in [0.25, 0.3) is 0 Å². The van der Waals surface area contributed by atoms with E-state index in [0.717, 1.165) is 0 Å². The van der Waals surface area contributed by atoms with Gasteiger partial charge in [0.15, 0.2) is 0 Å². The maximum atomic E-state index is 10.4. The van der Waals surface area contributed by atoms with Gasteiger partial charge in [0.1, 0.15) is 11.8 Å². The Morgan fingerprint density at radius 2 is 2.29 bits per heavy atom. The fourth-order valence-electron chi connectivity index (χ4n) is 1.28. The smallest absolute Gasteiger partial charge is 0.312 e. The van der Waals surface area contributed by atoms with Crippen LogP contribution in [0.5, 0.6) is 5.75 Å². The first-order valence-corrected chi connectivity index (χ1v) is 5.02. The number of nitrogens with one attached hydrogen (secondary N) is 2. The number of hydrogen-bond acceptors (Lipinski definition) is 4. The summed E-state index contributed by atoms with van der Waals surface area (Å²) >= 11 is 0. The summed E-state index contributed by atoms with van der Waals surface area (Å²) in [5.74, 6) is 0.661. The number of nitriles is 1. The van der Waals surface area contributed by atoms with Crippen LogP contribution in [-0.4, -0.2) is 26.2 Å². The zero-order valence-corrected chi connectivity index (χ0v) is 9.49. The van der Waals surface area contributed by atoms with Crippen molar-refractivity contribution >= 4 is 11.7 Å². The van der Waals surface area contributed by atoms with Gasteiger partial charge in [0, 0.05) is 19.2 Å². The van der Waals surface area contributed by atoms with E-state index in [1.807, 2.05) is 0 Å². The van der Waals surface area contributed by atoms with Crippen LogP contribution >= 0.6 is 0 Å². The molecule has 4 N–H and O–H groups in total. The molecule has 1 aromatic rings. The van der Waals surface area contributed by atoms with E-state index in [1.165, 1.54) is 0 Å². The Hall–Kier alpha value is -2.42. The summed E-state index contributed by atoms with van der Waals surface area (Å²) in [5.41, 5.74) is 6.11. The largest absolute Gasteiger partial charge is 0.497 e. The van der Waals surface area contributed by atoms with Crippen LogP contribution in [0.1, 0.15) is 5.56 Å². The Balaban J connectivity index is 2.62. The van der Waals surface area contributed by atoms with E-state index >= 15 is 0 Å². The van der Waals surface area contributed by atoms with Crippen molar-refractivity contribution in [3.05, 3.63) is 23.8 Å². The molecule has 0 atom stereocenters. The molecule has 1 aromatic carbocycles. The molecule has 0 bridgehead atoms. The molecule has 2 amide bonds. The normalized spacial score (nSPS) is 9.18. The van der Waals surface area contributed by atoms with Gasteiger partial charge in [0.2, 0.25) is 0 Å². The van der Waals surface area contributed by atoms with E-state index in [4.69, 9.17) is 15.7 Å². The van der Waals surface area contributed by atoms with Crippen LogP contribution in [0.2, 0.25) is 0 Å². The lowest BCUT2D eigenvalue weighted by Crippen LogP contribution is -2.33. The number of benzene rings is 1. The van der Waals surface area contributed by atoms with E-state index in [9.17, 15) is 4.79 Å². The number of urea groups is 1. The SMILES string of the molecule is COc1ccc(C#N)c(NCCNC(N)=O)c1. The Morgan fingerprint density at radius 1 is 1.53 bits per heavy atom. The number of nitrogens with zero attached hydrogens (tertiary/aromatic N) is 1. The molecule has 6 heteroatoms. The van der Waals surface area contributed by atoms with Crippen LogP contribution in [0, 0.1) is 11.3 Å². The van der Waals surface area contributed by atoms with Gasteiger partial charge in [-0.15, -0.1) is 0 Å². The summed E-state index contributed by atoms with van der Waals surface area (Å²) in [4.78, 5) is 10.4. The van der Waals surface area contributed by atoms with Crippen LogP contribution in [0.3, 0.4) is 0 Å². The Bertz CT molecular complexity index is 440. The van der Waals surface area contributed by atoms with Crippen molar-refractivity contribution in [3.8, 4) is 11.8 Å². The number of nitrogens with two attached hydrogens (primary N) is 1. The molecule has 0 radical (unpaired) electrons. The van der Waals surface area contributed by atoms with Gasteiger partial charge >= 0.3 is 6.03 Å². The number of primary amides is 1. The highest BCUT2D eigenvalue weighted by Gasteiger charge is 2.03. The van der Waals surface area contributed by atoms with Crippen LogP contribution in [0.4, 0.5) is 10.5 Å². The Labute approximate surface area is 99.4 Å². The van der Waals surface area contributed by atoms with Crippen molar-refractivity contribution in [1.29, 1.82) is 5.26 Å². The molecule has 0 fully saturated rings. The Kier molecular flexibility index (Phi) is 4.63. The third-order valence-electron chi connectivity index (χ3n) is 2.09. The minimum atomic E-state index is -0.571. The van der Waals surface area contributed by atoms with Crippen molar-refractivity contribution in [2.45, 2.75) is 0 Å². The third-order valence-corrected chi connectivity index (χ3v) is 2.09. The van der Waals surface area contributed by atoms with E-state index in [0.29, 0.717) is 30.1 Å². The highest BCUT2D eigenvalue weighted by atomic mass is 16.5. The van der Waals surface area contributed by atoms with Gasteiger partial charge in [0.25, 0.3) is 0 Å². The maximum Gasteiger partial charge on any atom is 0.312 e. The van der Waals surface area contributed by atoms with Crippen molar-refractivity contribution in [3.63, 3.8) is 0 Å². The number of methoxy groups -OCH3 is 1. The van der Waals surface area contributed by atoms with E-state index in [2.05, 4.69) is 16.7 Å². The fraction of sp³-hybridized carbons (Fsp3) is 0.273. The predicted octanol–water partition coefficient (Wildman–Crippen LogP) is 0.647. The molecule has 0 aliphatic carbocycles. The summed E-state index contributed by atoms with van der Waals surface area (Å²) in [6, 6.07) is 6.60. The van der Waals surface area contributed by atoms with Gasteiger partial charge in [-0.3, -0.25) is 0 Å². The highest BCUT2D eigenvalue weighted by Crippen LogP contribution is 2.21. The average molecular weight is 234 g/mol. The molecular weight excluding hydrogens is 220 g/mol. The van der Waals surface area contributed by atoms with Crippen molar-refractivity contribution in [2.24, 2.45) is 5.73 Å².